The van der Waals surface area contributed by atoms with Gasteiger partial charge in [0.05, 0.1) is 23.9 Å². The summed E-state index contributed by atoms with van der Waals surface area (Å²) >= 11 is 0. The van der Waals surface area contributed by atoms with Crippen molar-refractivity contribution in [3.63, 3.8) is 0 Å². The summed E-state index contributed by atoms with van der Waals surface area (Å²) in [5.74, 6) is 4.79. The predicted octanol–water partition coefficient (Wildman–Crippen LogP) is 5.94. The second-order valence-electron chi connectivity index (χ2n) is 14.0. The van der Waals surface area contributed by atoms with Gasteiger partial charge in [0.15, 0.2) is 0 Å². The zero-order valence-electron chi connectivity index (χ0n) is 22.4. The number of hydrogen-bond donors (Lipinski definition) is 1. The maximum absolute atomic E-state index is 7.07. The Bertz CT molecular complexity index is 988. The van der Waals surface area contributed by atoms with Crippen LogP contribution in [0, 0.1) is 40.9 Å². The van der Waals surface area contributed by atoms with Crippen LogP contribution in [0.5, 0.6) is 0 Å². The van der Waals surface area contributed by atoms with Crippen LogP contribution >= 0.6 is 0 Å². The number of piperidine rings is 1. The third kappa shape index (κ3) is 3.39. The van der Waals surface area contributed by atoms with Gasteiger partial charge in [-0.15, -0.1) is 5.10 Å². The van der Waals surface area contributed by atoms with Crippen molar-refractivity contribution < 1.29 is 4.74 Å². The first kappa shape index (κ1) is 23.0. The molecule has 0 amide bonds. The van der Waals surface area contributed by atoms with Crippen LogP contribution < -0.4 is 5.32 Å². The third-order valence-corrected chi connectivity index (χ3v) is 12.4. The molecule has 6 aliphatic rings. The molecule has 2 aliphatic heterocycles. The summed E-state index contributed by atoms with van der Waals surface area (Å²) in [5, 5.41) is 12.3. The minimum absolute atomic E-state index is 0.0697. The second kappa shape index (κ2) is 8.15. The molecule has 0 aromatic carbocycles. The van der Waals surface area contributed by atoms with Gasteiger partial charge in [-0.1, -0.05) is 37.1 Å². The lowest BCUT2D eigenvalue weighted by atomic mass is 9.52. The van der Waals surface area contributed by atoms with Gasteiger partial charge in [0.2, 0.25) is 0 Å². The summed E-state index contributed by atoms with van der Waals surface area (Å²) in [5.41, 5.74) is 4.14. The molecule has 192 valence electrons. The molecule has 2 saturated heterocycles. The molecule has 35 heavy (non-hydrogen) atoms. The number of aromatic nitrogens is 3. The number of nitrogens with zero attached hydrogens (tertiary/aromatic N) is 3. The number of ether oxygens (including phenoxy) is 1. The van der Waals surface area contributed by atoms with E-state index in [-0.39, 0.29) is 5.60 Å². The van der Waals surface area contributed by atoms with Crippen LogP contribution in [0.4, 0.5) is 0 Å². The van der Waals surface area contributed by atoms with Crippen molar-refractivity contribution in [2.75, 3.05) is 6.54 Å². The normalized spacial score (nSPS) is 51.5. The van der Waals surface area contributed by atoms with Crippen LogP contribution in [0.2, 0.25) is 0 Å². The zero-order valence-corrected chi connectivity index (χ0v) is 22.4. The first-order valence-electron chi connectivity index (χ1n) is 14.8. The maximum atomic E-state index is 7.07. The van der Waals surface area contributed by atoms with E-state index in [1.165, 1.54) is 64.2 Å². The molecular weight excluding hydrogens is 432 g/mol. The van der Waals surface area contributed by atoms with Crippen molar-refractivity contribution >= 4 is 0 Å². The van der Waals surface area contributed by atoms with Gasteiger partial charge in [-0.25, -0.2) is 4.68 Å². The van der Waals surface area contributed by atoms with Crippen molar-refractivity contribution in [1.29, 1.82) is 0 Å². The van der Waals surface area contributed by atoms with E-state index in [0.717, 1.165) is 36.1 Å². The lowest BCUT2D eigenvalue weighted by Gasteiger charge is -2.54. The monoisotopic (exact) mass is 478 g/mol. The van der Waals surface area contributed by atoms with Gasteiger partial charge in [-0.2, -0.15) is 0 Å². The van der Waals surface area contributed by atoms with E-state index in [2.05, 4.69) is 54.2 Å². The standard InChI is InChI=1S/C30H46N4O/c1-18-13-27-28(31-17-18)20(3)30(35-27)10-8-23-24-6-5-21-14-22(34-12-11-32-33-34)7-9-29(21,4)26(24)15-25(23)19(2)16-30/h11-12,18,20-24,26-28,31H,5-10,13-17H2,1-4H3/t18-,20+,21+,22-,23-,24-,26-,27+,28-,29-,30-/m0/s1. The lowest BCUT2D eigenvalue weighted by molar-refractivity contribution is -0.0753. The summed E-state index contributed by atoms with van der Waals surface area (Å²) in [4.78, 5) is 0. The van der Waals surface area contributed by atoms with E-state index >= 15 is 0 Å². The smallest absolute Gasteiger partial charge is 0.0765 e. The Morgan fingerprint density at radius 3 is 2.83 bits per heavy atom. The second-order valence-corrected chi connectivity index (χ2v) is 14.0. The Kier molecular flexibility index (Phi) is 5.34. The highest BCUT2D eigenvalue weighted by Gasteiger charge is 2.59. The van der Waals surface area contributed by atoms with Crippen LogP contribution in [-0.4, -0.2) is 39.3 Å². The van der Waals surface area contributed by atoms with Gasteiger partial charge >= 0.3 is 0 Å². The van der Waals surface area contributed by atoms with Crippen LogP contribution in [0.25, 0.3) is 0 Å². The average molecular weight is 479 g/mol. The number of allylic oxidation sites excluding steroid dienone is 1. The first-order chi connectivity index (χ1) is 16.9. The molecule has 7 rings (SSSR count). The topological polar surface area (TPSA) is 52.0 Å². The molecule has 1 N–H and O–H groups in total. The molecule has 11 atom stereocenters. The highest BCUT2D eigenvalue weighted by atomic mass is 16.5. The lowest BCUT2D eigenvalue weighted by Crippen LogP contribution is -2.48. The van der Waals surface area contributed by atoms with Crippen LogP contribution in [0.1, 0.15) is 97.9 Å². The summed E-state index contributed by atoms with van der Waals surface area (Å²) in [6.07, 6.45) is 17.5. The van der Waals surface area contributed by atoms with Gasteiger partial charge in [-0.05, 0) is 113 Å². The zero-order chi connectivity index (χ0) is 23.9. The molecule has 3 saturated carbocycles. The summed E-state index contributed by atoms with van der Waals surface area (Å²) < 4.78 is 9.22. The van der Waals surface area contributed by atoms with Crippen LogP contribution in [-0.2, 0) is 4.74 Å². The fourth-order valence-electron chi connectivity index (χ4n) is 10.5. The molecule has 1 aromatic heterocycles. The van der Waals surface area contributed by atoms with E-state index in [4.69, 9.17) is 4.74 Å². The Morgan fingerprint density at radius 1 is 1.11 bits per heavy atom. The van der Waals surface area contributed by atoms with E-state index in [9.17, 15) is 0 Å². The van der Waals surface area contributed by atoms with Crippen molar-refractivity contribution in [3.8, 4) is 0 Å². The quantitative estimate of drug-likeness (QED) is 0.507. The molecule has 1 aromatic rings. The van der Waals surface area contributed by atoms with E-state index in [1.54, 1.807) is 5.57 Å². The molecule has 0 unspecified atom stereocenters. The number of nitrogens with one attached hydrogen (secondary N) is 1. The fraction of sp³-hybridized carbons (Fsp3) is 0.867. The number of fused-ring (bicyclic) bond motifs is 6. The molecule has 0 bridgehead atoms. The summed E-state index contributed by atoms with van der Waals surface area (Å²) in [6.45, 7) is 11.2. The molecular formula is C30H46N4O. The minimum atomic E-state index is 0.0697. The molecule has 4 aliphatic carbocycles. The largest absolute Gasteiger partial charge is 0.369 e. The Balaban J connectivity index is 1.13. The highest BCUT2D eigenvalue weighted by Crippen LogP contribution is 2.66. The number of rotatable bonds is 1. The SMILES string of the molecule is CC1=C2C[C@H]3[C@@H](CC[C@@H]4C[C@@H](n5ccnn5)CC[C@@]43C)[C@@H]2CC[C@@]2(C1)O[C@@H]1C[C@H](C)CN[C@H]1[C@H]2C. The predicted molar refractivity (Wildman–Crippen MR) is 138 cm³/mol. The van der Waals surface area contributed by atoms with Crippen molar-refractivity contribution in [3.05, 3.63) is 23.5 Å². The van der Waals surface area contributed by atoms with E-state index in [0.29, 0.717) is 29.5 Å². The van der Waals surface area contributed by atoms with Crippen molar-refractivity contribution in [2.24, 2.45) is 40.9 Å². The highest BCUT2D eigenvalue weighted by molar-refractivity contribution is 5.29. The van der Waals surface area contributed by atoms with E-state index < -0.39 is 0 Å². The van der Waals surface area contributed by atoms with Gasteiger partial charge < -0.3 is 10.1 Å². The third-order valence-electron chi connectivity index (χ3n) is 12.4. The van der Waals surface area contributed by atoms with Gasteiger partial charge in [0.1, 0.15) is 0 Å². The fourth-order valence-corrected chi connectivity index (χ4v) is 10.5. The molecule has 1 spiro atoms. The van der Waals surface area contributed by atoms with Crippen molar-refractivity contribution in [2.45, 2.75) is 116 Å². The molecule has 5 nitrogen and oxygen atoms in total. The average Bonchev–Trinajstić information content (AvgIpc) is 3.53. The Morgan fingerprint density at radius 2 is 2.00 bits per heavy atom. The summed E-state index contributed by atoms with van der Waals surface area (Å²) in [7, 11) is 0. The van der Waals surface area contributed by atoms with Gasteiger partial charge in [-0.3, -0.25) is 0 Å². The van der Waals surface area contributed by atoms with E-state index in [1.807, 2.05) is 11.8 Å². The minimum Gasteiger partial charge on any atom is -0.369 e. The van der Waals surface area contributed by atoms with Crippen LogP contribution in [0.3, 0.4) is 0 Å². The molecule has 3 heterocycles. The van der Waals surface area contributed by atoms with Crippen molar-refractivity contribution in [1.82, 2.24) is 20.3 Å². The molecule has 5 fully saturated rings. The van der Waals surface area contributed by atoms with Gasteiger partial charge in [0, 0.05) is 18.2 Å². The first-order valence-corrected chi connectivity index (χ1v) is 14.8. The summed E-state index contributed by atoms with van der Waals surface area (Å²) in [6, 6.07) is 1.12. The Hall–Kier alpha value is -1.20. The number of hydrogen-bond acceptors (Lipinski definition) is 4. The molecule has 5 heteroatoms. The Labute approximate surface area is 211 Å². The van der Waals surface area contributed by atoms with Gasteiger partial charge in [0.25, 0.3) is 0 Å². The van der Waals surface area contributed by atoms with Crippen LogP contribution in [0.15, 0.2) is 23.5 Å². The molecule has 0 radical (unpaired) electrons. The maximum Gasteiger partial charge on any atom is 0.0765 e.